The van der Waals surface area contributed by atoms with Gasteiger partial charge >= 0.3 is 0 Å². The molecule has 0 aromatic heterocycles. The molecule has 0 N–H and O–H groups in total. The van der Waals surface area contributed by atoms with Crippen molar-refractivity contribution >= 4 is 17.7 Å². The fourth-order valence-electron chi connectivity index (χ4n) is 10.3. The van der Waals surface area contributed by atoms with Crippen LogP contribution in [-0.4, -0.2) is 73.3 Å². The standard InChI is InChI=1S/C48H49N3O8/c1-48-26-30-9-14-37(55-3)38(22-30)57-34-12-7-28(8-13-34)21-36-44-33(18-20-50(36)47(54)31-10-5-29(6-11-31)27-51-42(52)15-16-43(51)53)24-41(56-4)45-46(44)59-40-25-35(48)32(17-19-49(48)2)23-39(40)58-45/h7-9,12-16,22-25,29,31,36H,5-6,10-11,17-21,26-27H2,1-4H3/t29?,31?,36-,48?/m0/s1. The quantitative estimate of drug-likeness (QED) is 0.163. The number of imide groups is 1. The summed E-state index contributed by atoms with van der Waals surface area (Å²) in [6, 6.07) is 20.3. The molecule has 7 bridgehead atoms. The first-order chi connectivity index (χ1) is 28.6. The molecule has 304 valence electrons. The van der Waals surface area contributed by atoms with Gasteiger partial charge in [0.15, 0.2) is 34.5 Å². The Morgan fingerprint density at radius 1 is 0.763 bits per heavy atom. The lowest BCUT2D eigenvalue weighted by Crippen LogP contribution is -2.47. The fourth-order valence-corrected chi connectivity index (χ4v) is 10.3. The second-order valence-electron chi connectivity index (χ2n) is 17.2. The molecule has 11 rings (SSSR count). The maximum atomic E-state index is 14.9. The van der Waals surface area contributed by atoms with Crippen LogP contribution in [0.25, 0.3) is 0 Å². The maximum Gasteiger partial charge on any atom is 0.253 e. The van der Waals surface area contributed by atoms with E-state index in [-0.39, 0.29) is 41.1 Å². The minimum Gasteiger partial charge on any atom is -0.493 e. The van der Waals surface area contributed by atoms with Gasteiger partial charge in [-0.05, 0) is 142 Å². The van der Waals surface area contributed by atoms with E-state index in [0.29, 0.717) is 84.8 Å². The number of benzene rings is 4. The Morgan fingerprint density at radius 3 is 2.20 bits per heavy atom. The van der Waals surface area contributed by atoms with Crippen molar-refractivity contribution in [2.24, 2.45) is 11.8 Å². The van der Waals surface area contributed by atoms with Crippen molar-refractivity contribution in [3.8, 4) is 46.0 Å². The molecule has 1 fully saturated rings. The summed E-state index contributed by atoms with van der Waals surface area (Å²) < 4.78 is 32.2. The third-order valence-corrected chi connectivity index (χ3v) is 13.8. The molecule has 11 nitrogen and oxygen atoms in total. The monoisotopic (exact) mass is 795 g/mol. The molecule has 4 aromatic rings. The lowest BCUT2D eigenvalue weighted by molar-refractivity contribution is -0.141. The van der Waals surface area contributed by atoms with Crippen molar-refractivity contribution in [2.75, 3.05) is 40.9 Å². The van der Waals surface area contributed by atoms with Crippen LogP contribution in [0.3, 0.4) is 0 Å². The molecule has 0 saturated heterocycles. The molecule has 2 atom stereocenters. The van der Waals surface area contributed by atoms with Crippen LogP contribution in [0.5, 0.6) is 46.0 Å². The molecule has 0 radical (unpaired) electrons. The number of fused-ring (bicyclic) bond motifs is 2. The fraction of sp³-hybridized carbons (Fsp3) is 0.396. The van der Waals surface area contributed by atoms with Crippen LogP contribution in [0, 0.1) is 11.8 Å². The minimum absolute atomic E-state index is 0.123. The van der Waals surface area contributed by atoms with Crippen LogP contribution in [0.4, 0.5) is 0 Å². The summed E-state index contributed by atoms with van der Waals surface area (Å²) in [4.78, 5) is 45.2. The van der Waals surface area contributed by atoms with Crippen molar-refractivity contribution in [1.82, 2.24) is 14.7 Å². The van der Waals surface area contributed by atoms with Crippen LogP contribution in [-0.2, 0) is 45.6 Å². The molecule has 7 aliphatic rings. The number of likely N-dealkylation sites (N-methyl/N-ethyl adjacent to an activating group) is 1. The van der Waals surface area contributed by atoms with Crippen molar-refractivity contribution in [1.29, 1.82) is 0 Å². The predicted octanol–water partition coefficient (Wildman–Crippen LogP) is 8.05. The van der Waals surface area contributed by atoms with Gasteiger partial charge in [-0.15, -0.1) is 0 Å². The number of carbonyl (C=O) groups excluding carboxylic acids is 3. The van der Waals surface area contributed by atoms with E-state index in [1.807, 2.05) is 18.2 Å². The van der Waals surface area contributed by atoms with Gasteiger partial charge in [-0.2, -0.15) is 0 Å². The van der Waals surface area contributed by atoms with Crippen molar-refractivity contribution in [3.05, 3.63) is 106 Å². The summed E-state index contributed by atoms with van der Waals surface area (Å²) >= 11 is 0. The maximum absolute atomic E-state index is 14.9. The summed E-state index contributed by atoms with van der Waals surface area (Å²) in [5.74, 6) is 4.63. The lowest BCUT2D eigenvalue weighted by atomic mass is 9.78. The van der Waals surface area contributed by atoms with E-state index in [0.717, 1.165) is 54.5 Å². The Bertz CT molecular complexity index is 2400. The predicted molar refractivity (Wildman–Crippen MR) is 220 cm³/mol. The second-order valence-corrected chi connectivity index (χ2v) is 17.2. The van der Waals surface area contributed by atoms with E-state index in [1.165, 1.54) is 28.2 Å². The highest BCUT2D eigenvalue weighted by molar-refractivity contribution is 6.12. The Balaban J connectivity index is 1.06. The van der Waals surface area contributed by atoms with Crippen LogP contribution in [0.2, 0.25) is 0 Å². The normalized spacial score (nSPS) is 24.2. The number of methoxy groups -OCH3 is 2. The number of rotatable bonds is 5. The van der Waals surface area contributed by atoms with E-state index in [4.69, 9.17) is 23.7 Å². The first-order valence-corrected chi connectivity index (χ1v) is 20.9. The summed E-state index contributed by atoms with van der Waals surface area (Å²) in [5.41, 5.74) is 6.20. The molecule has 59 heavy (non-hydrogen) atoms. The number of ether oxygens (including phenoxy) is 5. The summed E-state index contributed by atoms with van der Waals surface area (Å²) in [6.07, 6.45) is 8.39. The van der Waals surface area contributed by atoms with Gasteiger partial charge in [0, 0.05) is 48.8 Å². The number of carbonyl (C=O) groups is 3. The van der Waals surface area contributed by atoms with Gasteiger partial charge in [0.25, 0.3) is 11.8 Å². The molecule has 6 aliphatic heterocycles. The van der Waals surface area contributed by atoms with Crippen molar-refractivity contribution in [2.45, 2.75) is 69.9 Å². The molecule has 11 heteroatoms. The largest absolute Gasteiger partial charge is 0.493 e. The van der Waals surface area contributed by atoms with Gasteiger partial charge in [-0.25, -0.2) is 0 Å². The van der Waals surface area contributed by atoms with Crippen LogP contribution in [0.15, 0.2) is 72.8 Å². The van der Waals surface area contributed by atoms with Crippen LogP contribution < -0.4 is 23.7 Å². The van der Waals surface area contributed by atoms with Crippen LogP contribution >= 0.6 is 0 Å². The topological polar surface area (TPSA) is 107 Å². The van der Waals surface area contributed by atoms with Gasteiger partial charge in [-0.3, -0.25) is 24.2 Å². The molecule has 1 unspecified atom stereocenters. The van der Waals surface area contributed by atoms with E-state index in [1.54, 1.807) is 14.2 Å². The zero-order valence-electron chi connectivity index (χ0n) is 34.0. The summed E-state index contributed by atoms with van der Waals surface area (Å²) in [6.45, 7) is 4.12. The van der Waals surface area contributed by atoms with E-state index >= 15 is 0 Å². The van der Waals surface area contributed by atoms with Gasteiger partial charge in [0.2, 0.25) is 11.7 Å². The first kappa shape index (κ1) is 37.5. The minimum atomic E-state index is -0.375. The number of hydrogen-bond donors (Lipinski definition) is 0. The summed E-state index contributed by atoms with van der Waals surface area (Å²) in [7, 11) is 5.50. The SMILES string of the molecule is COc1ccc2cc1Oc1ccc(cc1)C[C@H]1c3c(cc(OC)c4c3Oc3cc5c(cc3O4)CCN(C)C5(C)C2)CCN1C(=O)C1CCC(CN2C(=O)C=CC2=O)CC1. The van der Waals surface area contributed by atoms with Gasteiger partial charge < -0.3 is 28.6 Å². The van der Waals surface area contributed by atoms with Gasteiger partial charge in [0.05, 0.1) is 20.3 Å². The molecule has 6 heterocycles. The molecule has 1 saturated carbocycles. The highest BCUT2D eigenvalue weighted by atomic mass is 16.6. The molecule has 3 amide bonds. The van der Waals surface area contributed by atoms with Crippen molar-refractivity contribution < 1.29 is 38.1 Å². The Morgan fingerprint density at radius 2 is 1.46 bits per heavy atom. The Kier molecular flexibility index (Phi) is 9.19. The Labute approximate surface area is 344 Å². The van der Waals surface area contributed by atoms with E-state index in [2.05, 4.69) is 66.2 Å². The Hall–Kier alpha value is -5.81. The van der Waals surface area contributed by atoms with E-state index in [9.17, 15) is 14.4 Å². The van der Waals surface area contributed by atoms with Gasteiger partial charge in [-0.1, -0.05) is 18.2 Å². The van der Waals surface area contributed by atoms with E-state index < -0.39 is 0 Å². The van der Waals surface area contributed by atoms with Crippen LogP contribution in [0.1, 0.15) is 72.0 Å². The molecule has 1 aliphatic carbocycles. The first-order valence-electron chi connectivity index (χ1n) is 20.9. The van der Waals surface area contributed by atoms with Crippen molar-refractivity contribution in [3.63, 3.8) is 0 Å². The smallest absolute Gasteiger partial charge is 0.253 e. The molecular formula is C48H49N3O8. The second kappa shape index (κ2) is 14.5. The third kappa shape index (κ3) is 6.41. The zero-order chi connectivity index (χ0) is 40.6. The third-order valence-electron chi connectivity index (χ3n) is 13.8. The van der Waals surface area contributed by atoms with Gasteiger partial charge in [0.1, 0.15) is 5.75 Å². The number of nitrogens with zero attached hydrogens (tertiary/aromatic N) is 3. The highest BCUT2D eigenvalue weighted by Crippen LogP contribution is 2.57. The number of hydrogen-bond acceptors (Lipinski definition) is 9. The number of amides is 3. The molecular weight excluding hydrogens is 747 g/mol. The lowest BCUT2D eigenvalue weighted by Gasteiger charge is -2.45. The molecule has 4 aromatic carbocycles. The highest BCUT2D eigenvalue weighted by Gasteiger charge is 2.43. The summed E-state index contributed by atoms with van der Waals surface area (Å²) in [5, 5.41) is 0. The average molecular weight is 796 g/mol. The average Bonchev–Trinajstić information content (AvgIpc) is 3.56. The zero-order valence-corrected chi connectivity index (χ0v) is 34.0. The molecule has 0 spiro atoms.